The number of esters is 1. The van der Waals surface area contributed by atoms with E-state index in [1.807, 2.05) is 31.2 Å². The number of amides is 1. The average molecular weight is 643 g/mol. The standard InChI is InChI=1S/C30H25BrClNO6S/c1-3-37-24-15-19(11-14-23(24)39-17-18-9-12-20(31)13-10-18)16-25-27(34)26(30(36)38-4-2)29(40-25)33-28(35)21-7-5-6-8-22(21)32/h5-16,34H,3-4,17H2,1-2H3/b25-16-,33-29?. The Bertz CT molecular complexity index is 1520. The van der Waals surface area contributed by atoms with Gasteiger partial charge in [-0.1, -0.05) is 69.6 Å². The summed E-state index contributed by atoms with van der Waals surface area (Å²) in [7, 11) is 0. The molecule has 0 radical (unpaired) electrons. The minimum Gasteiger partial charge on any atom is -0.506 e. The van der Waals surface area contributed by atoms with Crippen LogP contribution in [0.25, 0.3) is 6.08 Å². The first-order valence-electron chi connectivity index (χ1n) is 12.3. The minimum atomic E-state index is -0.784. The van der Waals surface area contributed by atoms with Gasteiger partial charge in [-0.2, -0.15) is 0 Å². The molecule has 0 aromatic heterocycles. The van der Waals surface area contributed by atoms with E-state index >= 15 is 0 Å². The van der Waals surface area contributed by atoms with Crippen molar-refractivity contribution < 1.29 is 28.9 Å². The van der Waals surface area contributed by atoms with E-state index in [-0.39, 0.29) is 33.6 Å². The summed E-state index contributed by atoms with van der Waals surface area (Å²) in [4.78, 5) is 30.0. The third kappa shape index (κ3) is 7.15. The molecule has 0 spiro atoms. The second-order valence-electron chi connectivity index (χ2n) is 8.31. The summed E-state index contributed by atoms with van der Waals surface area (Å²) in [5.74, 6) is -0.676. The summed E-state index contributed by atoms with van der Waals surface area (Å²) in [5, 5.41) is 11.2. The number of halogens is 2. The first-order valence-corrected chi connectivity index (χ1v) is 14.3. The molecule has 0 unspecified atom stereocenters. The summed E-state index contributed by atoms with van der Waals surface area (Å²) < 4.78 is 17.9. The van der Waals surface area contributed by atoms with Crippen LogP contribution in [-0.4, -0.2) is 35.2 Å². The SMILES string of the molecule is CCOC(=O)C1=C(O)/C(=C/c2ccc(OCc3ccc(Br)cc3)c(OCC)c2)SC1=NC(=O)c1ccccc1Cl. The number of thioether (sulfide) groups is 1. The van der Waals surface area contributed by atoms with Crippen LogP contribution in [0, 0.1) is 0 Å². The number of carbonyl (C=O) groups is 2. The van der Waals surface area contributed by atoms with Crippen LogP contribution < -0.4 is 9.47 Å². The number of aliphatic hydroxyl groups excluding tert-OH is 1. The molecular formula is C30H25BrClNO6S. The Labute approximate surface area is 249 Å². The molecule has 40 heavy (non-hydrogen) atoms. The third-order valence-electron chi connectivity index (χ3n) is 5.55. The van der Waals surface area contributed by atoms with Crippen molar-refractivity contribution in [1.29, 1.82) is 0 Å². The highest BCUT2D eigenvalue weighted by Gasteiger charge is 2.34. The Balaban J connectivity index is 1.64. The Hall–Kier alpha value is -3.53. The first-order chi connectivity index (χ1) is 19.3. The van der Waals surface area contributed by atoms with Crippen LogP contribution in [0.4, 0.5) is 0 Å². The number of aliphatic hydroxyl groups is 1. The Kier molecular flexibility index (Phi) is 10.1. The number of aliphatic imine (C=N–C) groups is 1. The predicted octanol–water partition coefficient (Wildman–Crippen LogP) is 7.78. The van der Waals surface area contributed by atoms with Crippen molar-refractivity contribution in [2.24, 2.45) is 4.99 Å². The smallest absolute Gasteiger partial charge is 0.344 e. The summed E-state index contributed by atoms with van der Waals surface area (Å²) in [6.07, 6.45) is 1.67. The van der Waals surface area contributed by atoms with Crippen LogP contribution in [0.2, 0.25) is 5.02 Å². The Morgan fingerprint density at radius 1 is 1.00 bits per heavy atom. The highest BCUT2D eigenvalue weighted by molar-refractivity contribution is 9.10. The number of carbonyl (C=O) groups excluding carboxylic acids is 2. The Morgan fingerprint density at radius 3 is 2.45 bits per heavy atom. The topological polar surface area (TPSA) is 94.4 Å². The van der Waals surface area contributed by atoms with Crippen molar-refractivity contribution in [3.8, 4) is 11.5 Å². The number of rotatable bonds is 9. The maximum Gasteiger partial charge on any atom is 0.344 e. The average Bonchev–Trinajstić information content (AvgIpc) is 3.23. The van der Waals surface area contributed by atoms with Crippen molar-refractivity contribution in [2.75, 3.05) is 13.2 Å². The molecule has 206 valence electrons. The van der Waals surface area contributed by atoms with Gasteiger partial charge in [-0.15, -0.1) is 0 Å². The molecule has 0 saturated heterocycles. The van der Waals surface area contributed by atoms with E-state index < -0.39 is 11.9 Å². The lowest BCUT2D eigenvalue weighted by atomic mass is 10.1. The molecule has 7 nitrogen and oxygen atoms in total. The van der Waals surface area contributed by atoms with Gasteiger partial charge in [0.05, 0.1) is 28.7 Å². The lowest BCUT2D eigenvalue weighted by Gasteiger charge is -2.13. The van der Waals surface area contributed by atoms with Crippen molar-refractivity contribution in [1.82, 2.24) is 0 Å². The normalized spacial score (nSPS) is 15.0. The Morgan fingerprint density at radius 2 is 1.75 bits per heavy atom. The monoisotopic (exact) mass is 641 g/mol. The molecule has 0 atom stereocenters. The summed E-state index contributed by atoms with van der Waals surface area (Å²) in [6, 6.07) is 19.6. The zero-order valence-corrected chi connectivity index (χ0v) is 24.8. The molecule has 3 aromatic rings. The first kappa shape index (κ1) is 29.5. The van der Waals surface area contributed by atoms with Gasteiger partial charge < -0.3 is 19.3 Å². The second-order valence-corrected chi connectivity index (χ2v) is 10.7. The van der Waals surface area contributed by atoms with Crippen molar-refractivity contribution in [3.63, 3.8) is 0 Å². The fraction of sp³-hybridized carbons (Fsp3) is 0.167. The lowest BCUT2D eigenvalue weighted by molar-refractivity contribution is -0.138. The molecular weight excluding hydrogens is 618 g/mol. The van der Waals surface area contributed by atoms with Crippen molar-refractivity contribution in [3.05, 3.63) is 109 Å². The highest BCUT2D eigenvalue weighted by Crippen LogP contribution is 2.40. The van der Waals surface area contributed by atoms with Gasteiger partial charge in [-0.05, 0) is 67.4 Å². The van der Waals surface area contributed by atoms with E-state index in [0.717, 1.165) is 21.8 Å². The summed E-state index contributed by atoms with van der Waals surface area (Å²) in [6.45, 7) is 4.38. The fourth-order valence-electron chi connectivity index (χ4n) is 3.67. The summed E-state index contributed by atoms with van der Waals surface area (Å²) >= 11 is 10.6. The van der Waals surface area contributed by atoms with Gasteiger partial charge in [0.2, 0.25) is 0 Å². The van der Waals surface area contributed by atoms with Gasteiger partial charge in [-0.25, -0.2) is 9.79 Å². The lowest BCUT2D eigenvalue weighted by Crippen LogP contribution is -2.14. The van der Waals surface area contributed by atoms with E-state index in [4.69, 9.17) is 25.8 Å². The van der Waals surface area contributed by atoms with E-state index in [2.05, 4.69) is 20.9 Å². The molecule has 1 N–H and O–H groups in total. The van der Waals surface area contributed by atoms with Gasteiger partial charge in [0.25, 0.3) is 5.91 Å². The van der Waals surface area contributed by atoms with E-state index in [9.17, 15) is 14.7 Å². The molecule has 3 aromatic carbocycles. The zero-order chi connectivity index (χ0) is 28.6. The van der Waals surface area contributed by atoms with E-state index in [1.54, 1.807) is 49.4 Å². The molecule has 0 aliphatic carbocycles. The molecule has 1 amide bonds. The van der Waals surface area contributed by atoms with Crippen LogP contribution in [0.3, 0.4) is 0 Å². The number of ether oxygens (including phenoxy) is 3. The zero-order valence-electron chi connectivity index (χ0n) is 21.6. The maximum absolute atomic E-state index is 12.9. The van der Waals surface area contributed by atoms with E-state index in [0.29, 0.717) is 35.2 Å². The predicted molar refractivity (Wildman–Crippen MR) is 161 cm³/mol. The van der Waals surface area contributed by atoms with Gasteiger partial charge in [-0.3, -0.25) is 4.79 Å². The number of benzene rings is 3. The second kappa shape index (κ2) is 13.7. The highest BCUT2D eigenvalue weighted by atomic mass is 79.9. The molecule has 1 heterocycles. The van der Waals surface area contributed by atoms with Gasteiger partial charge in [0.15, 0.2) is 11.5 Å². The van der Waals surface area contributed by atoms with Gasteiger partial charge in [0, 0.05) is 4.47 Å². The van der Waals surface area contributed by atoms with Crippen molar-refractivity contribution in [2.45, 2.75) is 20.5 Å². The maximum atomic E-state index is 12.9. The largest absolute Gasteiger partial charge is 0.506 e. The fourth-order valence-corrected chi connectivity index (χ4v) is 5.17. The van der Waals surface area contributed by atoms with Crippen LogP contribution in [-0.2, 0) is 16.1 Å². The number of nitrogens with zero attached hydrogens (tertiary/aromatic N) is 1. The molecule has 0 bridgehead atoms. The quantitative estimate of drug-likeness (QED) is 0.238. The molecule has 0 fully saturated rings. The third-order valence-corrected chi connectivity index (χ3v) is 7.43. The van der Waals surface area contributed by atoms with E-state index in [1.165, 1.54) is 6.07 Å². The number of hydrogen-bond acceptors (Lipinski definition) is 7. The molecule has 10 heteroatoms. The molecule has 0 saturated carbocycles. The molecule has 1 aliphatic heterocycles. The minimum absolute atomic E-state index is 0.0200. The van der Waals surface area contributed by atoms with Crippen LogP contribution in [0.5, 0.6) is 11.5 Å². The van der Waals surface area contributed by atoms with Crippen molar-refractivity contribution >= 4 is 62.3 Å². The van der Waals surface area contributed by atoms with Crippen LogP contribution >= 0.6 is 39.3 Å². The molecule has 4 rings (SSSR count). The van der Waals surface area contributed by atoms with Crippen LogP contribution in [0.15, 0.2) is 92.4 Å². The van der Waals surface area contributed by atoms with Crippen LogP contribution in [0.1, 0.15) is 35.3 Å². The van der Waals surface area contributed by atoms with Gasteiger partial charge in [0.1, 0.15) is 23.0 Å². The summed E-state index contributed by atoms with van der Waals surface area (Å²) in [5.41, 5.74) is 1.67. The molecule has 1 aliphatic rings. The number of hydrogen-bond donors (Lipinski definition) is 1. The van der Waals surface area contributed by atoms with Gasteiger partial charge >= 0.3 is 5.97 Å².